The number of carbonyl (C=O) groups excluding carboxylic acids is 2. The van der Waals surface area contributed by atoms with Crippen LogP contribution in [0.25, 0.3) is 6.08 Å². The number of alkyl halides is 3. The Hall–Kier alpha value is -2.51. The van der Waals surface area contributed by atoms with Crippen LogP contribution in [-0.4, -0.2) is 30.9 Å². The number of nitrogens with one attached hydrogen (secondary N) is 1. The van der Waals surface area contributed by atoms with Crippen LogP contribution in [0.5, 0.6) is 5.75 Å². The van der Waals surface area contributed by atoms with Gasteiger partial charge in [0, 0.05) is 12.1 Å². The van der Waals surface area contributed by atoms with Gasteiger partial charge >= 0.3 is 12.5 Å². The molecule has 0 fully saturated rings. The van der Waals surface area contributed by atoms with Crippen LogP contribution in [0.2, 0.25) is 0 Å². The first-order chi connectivity index (χ1) is 11.0. The number of aldehydes is 1. The second-order valence-electron chi connectivity index (χ2n) is 5.79. The van der Waals surface area contributed by atoms with E-state index in [4.69, 9.17) is 4.74 Å². The molecule has 0 saturated carbocycles. The van der Waals surface area contributed by atoms with E-state index in [1.807, 2.05) is 0 Å². The van der Waals surface area contributed by atoms with E-state index in [1.54, 1.807) is 20.8 Å². The SMILES string of the molecule is CC(C)(C)OC(=O)NCC=Cc1cc(C=O)cc(OC(F)(F)F)c1. The molecule has 1 aromatic carbocycles. The van der Waals surface area contributed by atoms with E-state index >= 15 is 0 Å². The number of hydrogen-bond acceptors (Lipinski definition) is 4. The Morgan fingerprint density at radius 1 is 1.17 bits per heavy atom. The summed E-state index contributed by atoms with van der Waals surface area (Å²) in [5.74, 6) is -0.494. The standard InChI is InChI=1S/C16H18F3NO4/c1-15(2,3)24-14(22)20-6-4-5-11-7-12(10-21)9-13(8-11)23-16(17,18)19/h4-5,7-10H,6H2,1-3H3,(H,20,22). The van der Waals surface area contributed by atoms with Crippen LogP contribution in [0.3, 0.4) is 0 Å². The number of ether oxygens (including phenoxy) is 2. The number of carbonyl (C=O) groups is 2. The summed E-state index contributed by atoms with van der Waals surface area (Å²) in [5.41, 5.74) is -0.267. The minimum atomic E-state index is -4.85. The lowest BCUT2D eigenvalue weighted by atomic mass is 10.1. The summed E-state index contributed by atoms with van der Waals surface area (Å²) in [4.78, 5) is 22.2. The van der Waals surface area contributed by atoms with E-state index in [-0.39, 0.29) is 12.1 Å². The van der Waals surface area contributed by atoms with Crippen molar-refractivity contribution in [2.24, 2.45) is 0 Å². The molecule has 132 valence electrons. The predicted molar refractivity (Wildman–Crippen MR) is 81.8 cm³/mol. The quantitative estimate of drug-likeness (QED) is 0.821. The van der Waals surface area contributed by atoms with E-state index < -0.39 is 23.8 Å². The van der Waals surface area contributed by atoms with Crippen LogP contribution in [0.4, 0.5) is 18.0 Å². The van der Waals surface area contributed by atoms with Crippen LogP contribution in [-0.2, 0) is 4.74 Å². The number of rotatable bonds is 5. The van der Waals surface area contributed by atoms with Gasteiger partial charge in [-0.25, -0.2) is 4.79 Å². The van der Waals surface area contributed by atoms with Gasteiger partial charge in [-0.05, 0) is 44.5 Å². The fourth-order valence-electron chi connectivity index (χ4n) is 1.65. The van der Waals surface area contributed by atoms with Gasteiger partial charge in [-0.15, -0.1) is 13.2 Å². The highest BCUT2D eigenvalue weighted by atomic mass is 19.4. The van der Waals surface area contributed by atoms with E-state index in [0.29, 0.717) is 11.8 Å². The lowest BCUT2D eigenvalue weighted by Crippen LogP contribution is -2.32. The minimum absolute atomic E-state index is 0.0384. The van der Waals surface area contributed by atoms with Gasteiger partial charge < -0.3 is 14.8 Å². The number of halogens is 3. The third-order valence-corrected chi connectivity index (χ3v) is 2.39. The van der Waals surface area contributed by atoms with Crippen LogP contribution >= 0.6 is 0 Å². The Morgan fingerprint density at radius 2 is 1.79 bits per heavy atom. The molecule has 0 heterocycles. The summed E-state index contributed by atoms with van der Waals surface area (Å²) in [6.07, 6.45) is -2.09. The Balaban J connectivity index is 2.71. The molecule has 24 heavy (non-hydrogen) atoms. The van der Waals surface area contributed by atoms with Crippen molar-refractivity contribution in [2.75, 3.05) is 6.54 Å². The number of alkyl carbamates (subject to hydrolysis) is 1. The topological polar surface area (TPSA) is 64.6 Å². The monoisotopic (exact) mass is 345 g/mol. The van der Waals surface area contributed by atoms with Gasteiger partial charge in [0.1, 0.15) is 17.6 Å². The summed E-state index contributed by atoms with van der Waals surface area (Å²) in [5, 5.41) is 2.46. The molecule has 5 nitrogen and oxygen atoms in total. The summed E-state index contributed by atoms with van der Waals surface area (Å²) >= 11 is 0. The molecule has 0 aliphatic carbocycles. The normalized spacial score (nSPS) is 12.1. The van der Waals surface area contributed by atoms with Crippen molar-refractivity contribution < 1.29 is 32.2 Å². The van der Waals surface area contributed by atoms with Gasteiger partial charge in [0.05, 0.1) is 0 Å². The highest BCUT2D eigenvalue weighted by molar-refractivity contribution is 5.77. The zero-order chi connectivity index (χ0) is 18.4. The fraction of sp³-hybridized carbons (Fsp3) is 0.375. The third kappa shape index (κ3) is 8.21. The second-order valence-corrected chi connectivity index (χ2v) is 5.79. The Labute approximate surface area is 137 Å². The zero-order valence-corrected chi connectivity index (χ0v) is 13.4. The highest BCUT2D eigenvalue weighted by Gasteiger charge is 2.31. The number of hydrogen-bond donors (Lipinski definition) is 1. The predicted octanol–water partition coefficient (Wildman–Crippen LogP) is 3.94. The molecule has 1 amide bonds. The summed E-state index contributed by atoms with van der Waals surface area (Å²) in [7, 11) is 0. The summed E-state index contributed by atoms with van der Waals surface area (Å²) in [6.45, 7) is 5.26. The van der Waals surface area contributed by atoms with Gasteiger partial charge in [-0.1, -0.05) is 12.2 Å². The average molecular weight is 345 g/mol. The van der Waals surface area contributed by atoms with Crippen molar-refractivity contribution in [1.29, 1.82) is 0 Å². The van der Waals surface area contributed by atoms with Crippen molar-refractivity contribution in [2.45, 2.75) is 32.7 Å². The molecule has 0 saturated heterocycles. The summed E-state index contributed by atoms with van der Waals surface area (Å²) in [6, 6.07) is 3.50. The molecule has 0 radical (unpaired) electrons. The van der Waals surface area contributed by atoms with E-state index in [2.05, 4.69) is 10.1 Å². The lowest BCUT2D eigenvalue weighted by Gasteiger charge is -2.19. The molecular formula is C16H18F3NO4. The first kappa shape index (κ1) is 19.5. The van der Waals surface area contributed by atoms with E-state index in [9.17, 15) is 22.8 Å². The fourth-order valence-corrected chi connectivity index (χ4v) is 1.65. The molecule has 8 heteroatoms. The molecule has 0 aliphatic heterocycles. The smallest absolute Gasteiger partial charge is 0.444 e. The first-order valence-electron chi connectivity index (χ1n) is 6.98. The molecular weight excluding hydrogens is 327 g/mol. The molecule has 0 spiro atoms. The van der Waals surface area contributed by atoms with Crippen molar-refractivity contribution in [3.63, 3.8) is 0 Å². The average Bonchev–Trinajstić information content (AvgIpc) is 2.39. The zero-order valence-electron chi connectivity index (χ0n) is 13.4. The highest BCUT2D eigenvalue weighted by Crippen LogP contribution is 2.25. The van der Waals surface area contributed by atoms with Crippen molar-refractivity contribution >= 4 is 18.5 Å². The van der Waals surface area contributed by atoms with Crippen LogP contribution in [0.1, 0.15) is 36.7 Å². The lowest BCUT2D eigenvalue weighted by molar-refractivity contribution is -0.274. The van der Waals surface area contributed by atoms with Gasteiger partial charge in [0.25, 0.3) is 0 Å². The Morgan fingerprint density at radius 3 is 2.33 bits per heavy atom. The van der Waals surface area contributed by atoms with Gasteiger partial charge in [-0.3, -0.25) is 4.79 Å². The molecule has 1 aromatic rings. The maximum Gasteiger partial charge on any atom is 0.573 e. The van der Waals surface area contributed by atoms with Gasteiger partial charge in [0.15, 0.2) is 0 Å². The molecule has 0 aromatic heterocycles. The molecule has 1 N–H and O–H groups in total. The van der Waals surface area contributed by atoms with Crippen molar-refractivity contribution in [1.82, 2.24) is 5.32 Å². The number of benzene rings is 1. The van der Waals surface area contributed by atoms with Gasteiger partial charge in [-0.2, -0.15) is 0 Å². The van der Waals surface area contributed by atoms with Crippen LogP contribution < -0.4 is 10.1 Å². The van der Waals surface area contributed by atoms with Crippen molar-refractivity contribution in [3.05, 3.63) is 35.4 Å². The minimum Gasteiger partial charge on any atom is -0.444 e. The third-order valence-electron chi connectivity index (χ3n) is 2.39. The first-order valence-corrected chi connectivity index (χ1v) is 6.98. The maximum atomic E-state index is 12.2. The van der Waals surface area contributed by atoms with Crippen LogP contribution in [0, 0.1) is 0 Å². The largest absolute Gasteiger partial charge is 0.573 e. The van der Waals surface area contributed by atoms with E-state index in [1.165, 1.54) is 18.2 Å². The summed E-state index contributed by atoms with van der Waals surface area (Å²) < 4.78 is 45.6. The Bertz CT molecular complexity index is 619. The molecule has 0 unspecified atom stereocenters. The van der Waals surface area contributed by atoms with Crippen molar-refractivity contribution in [3.8, 4) is 5.75 Å². The number of amides is 1. The maximum absolute atomic E-state index is 12.2. The second kappa shape index (κ2) is 7.85. The van der Waals surface area contributed by atoms with Crippen LogP contribution in [0.15, 0.2) is 24.3 Å². The molecule has 1 rings (SSSR count). The molecule has 0 aliphatic rings. The van der Waals surface area contributed by atoms with E-state index in [0.717, 1.165) is 12.1 Å². The molecule has 0 atom stereocenters. The Kier molecular flexibility index (Phi) is 6.39. The van der Waals surface area contributed by atoms with Gasteiger partial charge in [0.2, 0.25) is 0 Å². The molecule has 0 bridgehead atoms.